The Labute approximate surface area is 144 Å². The largest absolute Gasteiger partial charge is 0.464 e. The summed E-state index contributed by atoms with van der Waals surface area (Å²) in [5.74, 6) is 4.65. The molecule has 0 spiro atoms. The molecule has 3 heterocycles. The molecule has 128 valence electrons. The topological polar surface area (TPSA) is 42.2 Å². The molecule has 0 saturated heterocycles. The molecule has 0 N–H and O–H groups in total. The van der Waals surface area contributed by atoms with Gasteiger partial charge in [-0.2, -0.15) is 0 Å². The second kappa shape index (κ2) is 5.69. The van der Waals surface area contributed by atoms with Gasteiger partial charge >= 0.3 is 0 Å². The van der Waals surface area contributed by atoms with Crippen molar-refractivity contribution in [2.75, 3.05) is 6.54 Å². The summed E-state index contributed by atoms with van der Waals surface area (Å²) in [6.07, 6.45) is 4.29. The summed E-state index contributed by atoms with van der Waals surface area (Å²) >= 11 is 0. The molecule has 1 fully saturated rings. The molecule has 0 radical (unpaired) electrons. The Morgan fingerprint density at radius 3 is 2.79 bits per heavy atom. The lowest BCUT2D eigenvalue weighted by molar-refractivity contribution is 0.221. The number of hydrogen-bond donors (Lipinski definition) is 0. The predicted molar refractivity (Wildman–Crippen MR) is 93.8 cm³/mol. The van der Waals surface area contributed by atoms with E-state index in [1.165, 1.54) is 23.4 Å². The van der Waals surface area contributed by atoms with Crippen molar-refractivity contribution in [2.24, 2.45) is 5.92 Å². The highest BCUT2D eigenvalue weighted by Crippen LogP contribution is 2.47. The lowest BCUT2D eigenvalue weighted by Crippen LogP contribution is -2.31. The summed E-state index contributed by atoms with van der Waals surface area (Å²) in [6.45, 7) is 11.6. The monoisotopic (exact) mass is 325 g/mol. The van der Waals surface area contributed by atoms with E-state index in [1.54, 1.807) is 0 Å². The first-order valence-corrected chi connectivity index (χ1v) is 9.06. The summed E-state index contributed by atoms with van der Waals surface area (Å²) in [5.41, 5.74) is 2.49. The Bertz CT molecular complexity index is 744. The van der Waals surface area contributed by atoms with Crippen molar-refractivity contribution in [1.82, 2.24) is 14.9 Å². The smallest absolute Gasteiger partial charge is 0.133 e. The van der Waals surface area contributed by atoms with E-state index in [9.17, 15) is 0 Å². The van der Waals surface area contributed by atoms with Gasteiger partial charge in [-0.3, -0.25) is 4.90 Å². The standard InChI is InChI=1S/C20H27N3O/c1-13-9-16(13)18-6-5-15(24-18)12-23-8-7-17-14(11-23)10-21-19(22-17)20(2,3)4/h5-6,10,13,16H,7-9,11-12H2,1-4H3. The van der Waals surface area contributed by atoms with Gasteiger partial charge in [-0.1, -0.05) is 27.7 Å². The molecule has 24 heavy (non-hydrogen) atoms. The van der Waals surface area contributed by atoms with Gasteiger partial charge in [-0.15, -0.1) is 0 Å². The summed E-state index contributed by atoms with van der Waals surface area (Å²) in [6, 6.07) is 4.31. The van der Waals surface area contributed by atoms with Crippen LogP contribution in [0.3, 0.4) is 0 Å². The van der Waals surface area contributed by atoms with E-state index in [2.05, 4.69) is 49.7 Å². The van der Waals surface area contributed by atoms with Gasteiger partial charge in [-0.05, 0) is 24.5 Å². The highest BCUT2D eigenvalue weighted by molar-refractivity contribution is 5.23. The maximum absolute atomic E-state index is 6.06. The molecule has 0 amide bonds. The molecule has 4 rings (SSSR count). The number of aromatic nitrogens is 2. The Morgan fingerprint density at radius 1 is 1.29 bits per heavy atom. The van der Waals surface area contributed by atoms with Crippen LogP contribution in [0.5, 0.6) is 0 Å². The molecule has 1 aliphatic heterocycles. The maximum atomic E-state index is 6.06. The van der Waals surface area contributed by atoms with Crippen LogP contribution in [0, 0.1) is 5.92 Å². The molecule has 2 aliphatic rings. The highest BCUT2D eigenvalue weighted by atomic mass is 16.3. The van der Waals surface area contributed by atoms with Crippen molar-refractivity contribution in [3.63, 3.8) is 0 Å². The van der Waals surface area contributed by atoms with Crippen molar-refractivity contribution in [3.8, 4) is 0 Å². The zero-order valence-electron chi connectivity index (χ0n) is 15.2. The maximum Gasteiger partial charge on any atom is 0.133 e. The van der Waals surface area contributed by atoms with Crippen molar-refractivity contribution >= 4 is 0 Å². The molecule has 4 heteroatoms. The van der Waals surface area contributed by atoms with Crippen molar-refractivity contribution in [1.29, 1.82) is 0 Å². The molecule has 2 atom stereocenters. The zero-order chi connectivity index (χ0) is 16.9. The minimum absolute atomic E-state index is 0.0106. The normalized spacial score (nSPS) is 24.0. The number of hydrogen-bond acceptors (Lipinski definition) is 4. The van der Waals surface area contributed by atoms with Crippen LogP contribution in [0.15, 0.2) is 22.7 Å². The molecule has 2 aromatic rings. The van der Waals surface area contributed by atoms with Gasteiger partial charge in [0.1, 0.15) is 17.3 Å². The minimum atomic E-state index is 0.0106. The SMILES string of the molecule is CC1CC1c1ccc(CN2CCc3nc(C(C)(C)C)ncc3C2)o1. The van der Waals surface area contributed by atoms with Gasteiger partial charge in [0.05, 0.1) is 6.54 Å². The van der Waals surface area contributed by atoms with Crippen LogP contribution in [0.4, 0.5) is 0 Å². The fourth-order valence-corrected chi connectivity index (χ4v) is 3.49. The zero-order valence-corrected chi connectivity index (χ0v) is 15.2. The lowest BCUT2D eigenvalue weighted by Gasteiger charge is -2.28. The Morgan fingerprint density at radius 2 is 2.08 bits per heavy atom. The van der Waals surface area contributed by atoms with E-state index in [1.807, 2.05) is 6.20 Å². The lowest BCUT2D eigenvalue weighted by atomic mass is 9.95. The summed E-state index contributed by atoms with van der Waals surface area (Å²) in [5, 5.41) is 0. The van der Waals surface area contributed by atoms with E-state index in [0.717, 1.165) is 43.6 Å². The predicted octanol–water partition coefficient (Wildman–Crippen LogP) is 4.05. The van der Waals surface area contributed by atoms with Crippen LogP contribution < -0.4 is 0 Å². The van der Waals surface area contributed by atoms with Gasteiger partial charge in [0, 0.05) is 48.3 Å². The van der Waals surface area contributed by atoms with Gasteiger partial charge in [0.2, 0.25) is 0 Å². The Hall–Kier alpha value is -1.68. The molecule has 1 saturated carbocycles. The summed E-state index contributed by atoms with van der Waals surface area (Å²) < 4.78 is 6.06. The number of furan rings is 1. The van der Waals surface area contributed by atoms with E-state index >= 15 is 0 Å². The molecule has 2 aromatic heterocycles. The molecule has 1 aliphatic carbocycles. The average molecular weight is 325 g/mol. The van der Waals surface area contributed by atoms with Crippen LogP contribution in [-0.2, 0) is 24.9 Å². The molecular weight excluding hydrogens is 298 g/mol. The van der Waals surface area contributed by atoms with E-state index < -0.39 is 0 Å². The third-order valence-electron chi connectivity index (χ3n) is 5.22. The van der Waals surface area contributed by atoms with Crippen LogP contribution >= 0.6 is 0 Å². The molecule has 0 bridgehead atoms. The van der Waals surface area contributed by atoms with Gasteiger partial charge in [-0.25, -0.2) is 9.97 Å². The second-order valence-corrected chi connectivity index (χ2v) is 8.50. The van der Waals surface area contributed by atoms with Gasteiger partial charge < -0.3 is 4.42 Å². The van der Waals surface area contributed by atoms with Crippen LogP contribution in [0.2, 0.25) is 0 Å². The summed E-state index contributed by atoms with van der Waals surface area (Å²) in [7, 11) is 0. The van der Waals surface area contributed by atoms with Crippen molar-refractivity contribution in [2.45, 2.75) is 65.0 Å². The first-order chi connectivity index (χ1) is 11.4. The summed E-state index contributed by atoms with van der Waals surface area (Å²) in [4.78, 5) is 11.8. The Kier molecular flexibility index (Phi) is 3.75. The first kappa shape index (κ1) is 15.8. The fourth-order valence-electron chi connectivity index (χ4n) is 3.49. The van der Waals surface area contributed by atoms with Crippen molar-refractivity contribution in [3.05, 3.63) is 46.9 Å². The second-order valence-electron chi connectivity index (χ2n) is 8.50. The minimum Gasteiger partial charge on any atom is -0.464 e. The third kappa shape index (κ3) is 3.12. The third-order valence-corrected chi connectivity index (χ3v) is 5.22. The fraction of sp³-hybridized carbons (Fsp3) is 0.600. The van der Waals surface area contributed by atoms with Gasteiger partial charge in [0.25, 0.3) is 0 Å². The number of nitrogens with zero attached hydrogens (tertiary/aromatic N) is 3. The molecule has 0 aromatic carbocycles. The quantitative estimate of drug-likeness (QED) is 0.854. The number of fused-ring (bicyclic) bond motifs is 1. The van der Waals surface area contributed by atoms with Crippen LogP contribution in [0.1, 0.15) is 68.6 Å². The van der Waals surface area contributed by atoms with Gasteiger partial charge in [0.15, 0.2) is 0 Å². The Balaban J connectivity index is 1.44. The van der Waals surface area contributed by atoms with E-state index in [0.29, 0.717) is 5.92 Å². The highest BCUT2D eigenvalue weighted by Gasteiger charge is 2.36. The van der Waals surface area contributed by atoms with E-state index in [4.69, 9.17) is 9.40 Å². The molecule has 2 unspecified atom stereocenters. The number of rotatable bonds is 3. The van der Waals surface area contributed by atoms with E-state index in [-0.39, 0.29) is 5.41 Å². The average Bonchev–Trinajstić information content (AvgIpc) is 3.08. The molecule has 4 nitrogen and oxygen atoms in total. The molecular formula is C20H27N3O. The first-order valence-electron chi connectivity index (χ1n) is 9.06. The van der Waals surface area contributed by atoms with Crippen LogP contribution in [-0.4, -0.2) is 21.4 Å². The van der Waals surface area contributed by atoms with Crippen LogP contribution in [0.25, 0.3) is 0 Å². The van der Waals surface area contributed by atoms with Crippen molar-refractivity contribution < 1.29 is 4.42 Å².